The topological polar surface area (TPSA) is 137 Å². The lowest BCUT2D eigenvalue weighted by atomic mass is 10.1. The van der Waals surface area contributed by atoms with Gasteiger partial charge in [0, 0.05) is 23.4 Å². The fraction of sp³-hybridized carbons (Fsp3) is 0.136. The van der Waals surface area contributed by atoms with E-state index in [2.05, 4.69) is 10.6 Å². The number of carbonyl (C=O) groups is 3. The van der Waals surface area contributed by atoms with Crippen LogP contribution < -0.4 is 15.4 Å². The van der Waals surface area contributed by atoms with E-state index in [1.165, 1.54) is 44.6 Å². The molecule has 0 fully saturated rings. The molecule has 33 heavy (non-hydrogen) atoms. The van der Waals surface area contributed by atoms with Crippen molar-refractivity contribution >= 4 is 45.5 Å². The maximum Gasteiger partial charge on any atom is 0.341 e. The highest BCUT2D eigenvalue weighted by atomic mass is 32.1. The van der Waals surface area contributed by atoms with Gasteiger partial charge in [0.25, 0.3) is 17.5 Å². The number of esters is 1. The fourth-order valence-corrected chi connectivity index (χ4v) is 4.08. The van der Waals surface area contributed by atoms with Gasteiger partial charge in [-0.1, -0.05) is 12.1 Å². The van der Waals surface area contributed by atoms with Crippen LogP contribution in [0.2, 0.25) is 0 Å². The van der Waals surface area contributed by atoms with Crippen molar-refractivity contribution in [3.63, 3.8) is 0 Å². The summed E-state index contributed by atoms with van der Waals surface area (Å²) >= 11 is 0.891. The minimum Gasteiger partial charge on any atom is -0.497 e. The average molecular weight is 469 g/mol. The van der Waals surface area contributed by atoms with Crippen LogP contribution in [0.15, 0.2) is 48.5 Å². The second kappa shape index (κ2) is 9.92. The Morgan fingerprint density at radius 2 is 1.73 bits per heavy atom. The summed E-state index contributed by atoms with van der Waals surface area (Å²) in [6.07, 6.45) is 0. The summed E-state index contributed by atoms with van der Waals surface area (Å²) in [5, 5.41) is 16.3. The van der Waals surface area contributed by atoms with Gasteiger partial charge in [-0.2, -0.15) is 0 Å². The van der Waals surface area contributed by atoms with Crippen molar-refractivity contribution in [3.05, 3.63) is 80.2 Å². The highest BCUT2D eigenvalue weighted by Gasteiger charge is 2.27. The number of nitro benzene ring substituents is 1. The number of hydrogen-bond donors (Lipinski definition) is 2. The Bertz CT molecular complexity index is 1250. The van der Waals surface area contributed by atoms with Gasteiger partial charge in [-0.25, -0.2) is 4.79 Å². The number of ether oxygens (including phenoxy) is 2. The minimum absolute atomic E-state index is 0.0444. The van der Waals surface area contributed by atoms with Gasteiger partial charge in [-0.3, -0.25) is 19.7 Å². The molecule has 2 aromatic carbocycles. The van der Waals surface area contributed by atoms with Crippen LogP contribution in [0.4, 0.5) is 16.4 Å². The largest absolute Gasteiger partial charge is 0.497 e. The molecule has 0 saturated carbocycles. The Labute approximate surface area is 192 Å². The molecule has 2 amide bonds. The molecule has 1 heterocycles. The molecule has 3 rings (SSSR count). The highest BCUT2D eigenvalue weighted by Crippen LogP contribution is 2.35. The van der Waals surface area contributed by atoms with E-state index in [1.54, 1.807) is 25.1 Å². The molecule has 0 radical (unpaired) electrons. The van der Waals surface area contributed by atoms with Crippen molar-refractivity contribution in [1.29, 1.82) is 0 Å². The second-order valence-electron chi connectivity index (χ2n) is 6.70. The van der Waals surface area contributed by atoms with E-state index in [0.29, 0.717) is 16.9 Å². The third kappa shape index (κ3) is 5.15. The van der Waals surface area contributed by atoms with E-state index in [-0.39, 0.29) is 26.8 Å². The first-order chi connectivity index (χ1) is 15.7. The van der Waals surface area contributed by atoms with E-state index in [9.17, 15) is 24.5 Å². The Hall–Kier alpha value is -4.25. The zero-order chi connectivity index (χ0) is 24.1. The summed E-state index contributed by atoms with van der Waals surface area (Å²) in [5.41, 5.74) is 0.665. The molecule has 2 N–H and O–H groups in total. The fourth-order valence-electron chi connectivity index (χ4n) is 2.99. The van der Waals surface area contributed by atoms with Gasteiger partial charge in [0.05, 0.1) is 29.6 Å². The van der Waals surface area contributed by atoms with Crippen LogP contribution in [0, 0.1) is 17.0 Å². The van der Waals surface area contributed by atoms with Crippen molar-refractivity contribution in [2.45, 2.75) is 6.92 Å². The van der Waals surface area contributed by atoms with Crippen LogP contribution in [0.3, 0.4) is 0 Å². The molecule has 0 aliphatic heterocycles. The van der Waals surface area contributed by atoms with Crippen molar-refractivity contribution < 1.29 is 28.8 Å². The highest BCUT2D eigenvalue weighted by molar-refractivity contribution is 7.19. The number of non-ortho nitro benzene ring substituents is 1. The number of nitrogens with one attached hydrogen (secondary N) is 2. The van der Waals surface area contributed by atoms with E-state index in [4.69, 9.17) is 9.47 Å². The number of anilines is 2. The molecule has 0 spiro atoms. The summed E-state index contributed by atoms with van der Waals surface area (Å²) < 4.78 is 9.95. The quantitative estimate of drug-likeness (QED) is 0.300. The number of nitrogens with zero attached hydrogens (tertiary/aromatic N) is 1. The summed E-state index contributed by atoms with van der Waals surface area (Å²) in [6, 6.07) is 11.9. The summed E-state index contributed by atoms with van der Waals surface area (Å²) in [7, 11) is 2.66. The number of amides is 2. The monoisotopic (exact) mass is 469 g/mol. The Morgan fingerprint density at radius 3 is 2.39 bits per heavy atom. The summed E-state index contributed by atoms with van der Waals surface area (Å²) in [4.78, 5) is 48.6. The van der Waals surface area contributed by atoms with Crippen LogP contribution in [-0.4, -0.2) is 36.9 Å². The molecule has 0 saturated heterocycles. The van der Waals surface area contributed by atoms with Gasteiger partial charge in [0.1, 0.15) is 10.8 Å². The van der Waals surface area contributed by atoms with E-state index in [1.807, 2.05) is 0 Å². The van der Waals surface area contributed by atoms with Crippen LogP contribution in [0.25, 0.3) is 0 Å². The molecule has 0 unspecified atom stereocenters. The molecule has 0 bridgehead atoms. The first-order valence-electron chi connectivity index (χ1n) is 9.48. The minimum atomic E-state index is -0.723. The predicted octanol–water partition coefficient (Wildman–Crippen LogP) is 4.26. The number of nitro groups is 1. The Kier molecular flexibility index (Phi) is 7.04. The zero-order valence-electron chi connectivity index (χ0n) is 17.8. The number of methoxy groups -OCH3 is 2. The number of hydrogen-bond acceptors (Lipinski definition) is 8. The molecule has 0 atom stereocenters. The van der Waals surface area contributed by atoms with Gasteiger partial charge >= 0.3 is 5.97 Å². The molecular formula is C22H19N3O7S. The van der Waals surface area contributed by atoms with E-state index in [0.717, 1.165) is 11.3 Å². The molecule has 1 aromatic heterocycles. The van der Waals surface area contributed by atoms with Gasteiger partial charge in [0.2, 0.25) is 0 Å². The molecule has 0 aliphatic rings. The normalized spacial score (nSPS) is 10.3. The number of benzene rings is 2. The molecule has 11 heteroatoms. The zero-order valence-corrected chi connectivity index (χ0v) is 18.6. The van der Waals surface area contributed by atoms with Crippen LogP contribution in [0.5, 0.6) is 5.75 Å². The third-order valence-corrected chi connectivity index (χ3v) is 5.82. The van der Waals surface area contributed by atoms with Crippen LogP contribution in [0.1, 0.15) is 36.0 Å². The van der Waals surface area contributed by atoms with E-state index >= 15 is 0 Å². The van der Waals surface area contributed by atoms with Gasteiger partial charge in [0.15, 0.2) is 0 Å². The van der Waals surface area contributed by atoms with Crippen molar-refractivity contribution in [2.75, 3.05) is 24.9 Å². The molecule has 0 aliphatic carbocycles. The summed E-state index contributed by atoms with van der Waals surface area (Å²) in [6.45, 7) is 1.55. The Morgan fingerprint density at radius 1 is 1.00 bits per heavy atom. The molecule has 10 nitrogen and oxygen atoms in total. The van der Waals surface area contributed by atoms with Gasteiger partial charge in [-0.15, -0.1) is 11.3 Å². The molecular weight excluding hydrogens is 450 g/mol. The third-order valence-electron chi connectivity index (χ3n) is 4.62. The lowest BCUT2D eigenvalue weighted by Gasteiger charge is -2.07. The summed E-state index contributed by atoms with van der Waals surface area (Å²) in [5.74, 6) is -1.34. The van der Waals surface area contributed by atoms with Gasteiger partial charge in [-0.05, 0) is 36.8 Å². The lowest BCUT2D eigenvalue weighted by Crippen LogP contribution is -2.14. The maximum absolute atomic E-state index is 12.9. The average Bonchev–Trinajstić information content (AvgIpc) is 3.14. The smallest absolute Gasteiger partial charge is 0.341 e. The van der Waals surface area contributed by atoms with Crippen molar-refractivity contribution in [1.82, 2.24) is 0 Å². The predicted molar refractivity (Wildman–Crippen MR) is 122 cm³/mol. The van der Waals surface area contributed by atoms with Crippen molar-refractivity contribution in [2.24, 2.45) is 0 Å². The first kappa shape index (κ1) is 23.4. The SMILES string of the molecule is COC(=O)c1c(NC(=O)c2cccc(OC)c2)sc(C(=O)Nc2cccc([N+](=O)[O-])c2)c1C. The maximum atomic E-state index is 12.9. The lowest BCUT2D eigenvalue weighted by molar-refractivity contribution is -0.384. The first-order valence-corrected chi connectivity index (χ1v) is 10.3. The van der Waals surface area contributed by atoms with E-state index < -0.39 is 22.7 Å². The number of thiophene rings is 1. The van der Waals surface area contributed by atoms with Gasteiger partial charge < -0.3 is 20.1 Å². The number of carbonyl (C=O) groups excluding carboxylic acids is 3. The second-order valence-corrected chi connectivity index (χ2v) is 7.72. The van der Waals surface area contributed by atoms with Crippen molar-refractivity contribution in [3.8, 4) is 5.75 Å². The number of rotatable bonds is 7. The molecule has 170 valence electrons. The van der Waals surface area contributed by atoms with Crippen LogP contribution in [-0.2, 0) is 4.74 Å². The standard InChI is InChI=1S/C22H19N3O7S/c1-12-17(22(28)32-3)21(24-19(26)13-6-4-9-16(10-13)31-2)33-18(12)20(27)23-14-7-5-8-15(11-14)25(29)30/h4-11H,1-3H3,(H,23,27)(H,24,26). The molecule has 3 aromatic rings. The van der Waals surface area contributed by atoms with Crippen LogP contribution >= 0.6 is 11.3 Å². The Balaban J connectivity index is 1.93.